The van der Waals surface area contributed by atoms with E-state index in [0.29, 0.717) is 18.4 Å². The van der Waals surface area contributed by atoms with Gasteiger partial charge in [0, 0.05) is 24.1 Å². The third kappa shape index (κ3) is 2.58. The van der Waals surface area contributed by atoms with Crippen LogP contribution < -0.4 is 5.73 Å². The van der Waals surface area contributed by atoms with Gasteiger partial charge in [-0.25, -0.2) is 9.97 Å². The second kappa shape index (κ2) is 5.36. The summed E-state index contributed by atoms with van der Waals surface area (Å²) in [5.41, 5.74) is 9.76. The number of aromatic nitrogens is 4. The monoisotopic (exact) mass is 261 g/mol. The van der Waals surface area contributed by atoms with E-state index in [2.05, 4.69) is 15.1 Å². The summed E-state index contributed by atoms with van der Waals surface area (Å²) in [5.74, 6) is 1.09. The number of nitrogens with two attached hydrogens (primary N) is 1. The normalized spacial score (nSPS) is 10.9. The second-order valence-electron chi connectivity index (χ2n) is 4.46. The largest absolute Gasteiger partial charge is 0.383 e. The first-order valence-corrected chi connectivity index (χ1v) is 6.24. The van der Waals surface area contributed by atoms with E-state index in [0.717, 1.165) is 29.1 Å². The summed E-state index contributed by atoms with van der Waals surface area (Å²) in [7, 11) is 1.64. The van der Waals surface area contributed by atoms with Crippen molar-refractivity contribution in [1.82, 2.24) is 19.7 Å². The van der Waals surface area contributed by atoms with Gasteiger partial charge in [0.2, 0.25) is 0 Å². The van der Waals surface area contributed by atoms with E-state index in [-0.39, 0.29) is 0 Å². The van der Waals surface area contributed by atoms with Gasteiger partial charge in [-0.05, 0) is 26.3 Å². The van der Waals surface area contributed by atoms with Gasteiger partial charge < -0.3 is 10.5 Å². The molecule has 2 rings (SSSR count). The smallest absolute Gasteiger partial charge is 0.252 e. The molecule has 0 aromatic carbocycles. The van der Waals surface area contributed by atoms with E-state index in [1.54, 1.807) is 11.8 Å². The maximum atomic E-state index is 6.14. The van der Waals surface area contributed by atoms with Crippen LogP contribution in [0.1, 0.15) is 29.6 Å². The predicted octanol–water partition coefficient (Wildman–Crippen LogP) is 1.57. The number of rotatable bonds is 4. The third-order valence-corrected chi connectivity index (χ3v) is 2.90. The molecule has 0 saturated heterocycles. The van der Waals surface area contributed by atoms with Gasteiger partial charge in [0.1, 0.15) is 5.82 Å². The molecule has 2 aromatic heterocycles. The van der Waals surface area contributed by atoms with Crippen LogP contribution in [-0.4, -0.2) is 26.9 Å². The fourth-order valence-electron chi connectivity index (χ4n) is 2.10. The molecule has 2 heterocycles. The Labute approximate surface area is 112 Å². The lowest BCUT2D eigenvalue weighted by molar-refractivity contribution is 0.180. The number of aryl methyl sites for hydroxylation is 2. The molecular weight excluding hydrogens is 242 g/mol. The molecule has 0 amide bonds. The molecule has 0 aliphatic heterocycles. The van der Waals surface area contributed by atoms with Crippen molar-refractivity contribution in [2.45, 2.75) is 33.8 Å². The van der Waals surface area contributed by atoms with Crippen molar-refractivity contribution < 1.29 is 4.74 Å². The summed E-state index contributed by atoms with van der Waals surface area (Å²) >= 11 is 0. The molecule has 6 nitrogen and oxygen atoms in total. The van der Waals surface area contributed by atoms with Crippen LogP contribution in [0.2, 0.25) is 0 Å². The number of anilines is 1. The Balaban J connectivity index is 2.55. The Hall–Kier alpha value is -1.95. The van der Waals surface area contributed by atoms with Gasteiger partial charge in [-0.3, -0.25) is 0 Å². The predicted molar refractivity (Wildman–Crippen MR) is 73.1 cm³/mol. The summed E-state index contributed by atoms with van der Waals surface area (Å²) in [6.45, 7) is 6.33. The minimum atomic E-state index is 0.436. The van der Waals surface area contributed by atoms with Gasteiger partial charge in [0.15, 0.2) is 0 Å². The molecule has 2 aromatic rings. The summed E-state index contributed by atoms with van der Waals surface area (Å²) in [6, 6.07) is 1.92. The zero-order chi connectivity index (χ0) is 14.0. The first-order chi connectivity index (χ1) is 9.06. The molecule has 0 saturated carbocycles. The highest BCUT2D eigenvalue weighted by molar-refractivity contribution is 5.47. The first-order valence-electron chi connectivity index (χ1n) is 6.24. The van der Waals surface area contributed by atoms with E-state index in [4.69, 9.17) is 10.5 Å². The Bertz CT molecular complexity index is 571. The summed E-state index contributed by atoms with van der Waals surface area (Å²) in [4.78, 5) is 8.76. The van der Waals surface area contributed by atoms with Crippen molar-refractivity contribution >= 4 is 5.82 Å². The maximum absolute atomic E-state index is 6.14. The summed E-state index contributed by atoms with van der Waals surface area (Å²) in [6.07, 6.45) is 0.801. The van der Waals surface area contributed by atoms with Gasteiger partial charge in [-0.1, -0.05) is 6.92 Å². The van der Waals surface area contributed by atoms with Crippen molar-refractivity contribution in [2.24, 2.45) is 0 Å². The number of hydrogen-bond acceptors (Lipinski definition) is 5. The van der Waals surface area contributed by atoms with Crippen LogP contribution in [0.4, 0.5) is 5.82 Å². The Morgan fingerprint density at radius 2 is 1.89 bits per heavy atom. The molecule has 0 unspecified atom stereocenters. The van der Waals surface area contributed by atoms with Gasteiger partial charge >= 0.3 is 0 Å². The molecule has 0 radical (unpaired) electrons. The van der Waals surface area contributed by atoms with Crippen LogP contribution in [0.5, 0.6) is 0 Å². The van der Waals surface area contributed by atoms with E-state index >= 15 is 0 Å². The highest BCUT2D eigenvalue weighted by Crippen LogP contribution is 2.21. The van der Waals surface area contributed by atoms with E-state index < -0.39 is 0 Å². The van der Waals surface area contributed by atoms with Gasteiger partial charge in [0.05, 0.1) is 12.3 Å². The van der Waals surface area contributed by atoms with Crippen LogP contribution in [-0.2, 0) is 17.8 Å². The zero-order valence-electron chi connectivity index (χ0n) is 11.8. The molecule has 102 valence electrons. The summed E-state index contributed by atoms with van der Waals surface area (Å²) in [5, 5.41) is 4.46. The lowest BCUT2D eigenvalue weighted by atomic mass is 10.2. The number of hydrogen-bond donors (Lipinski definition) is 1. The standard InChI is InChI=1S/C13H19N5O/c1-5-10-11(7-19-4)17-18(12(10)14)13-15-8(2)6-9(3)16-13/h6H,5,7,14H2,1-4H3. The average Bonchev–Trinajstić information content (AvgIpc) is 2.65. The molecule has 0 aliphatic carbocycles. The van der Waals surface area contributed by atoms with Crippen LogP contribution >= 0.6 is 0 Å². The topological polar surface area (TPSA) is 78.8 Å². The van der Waals surface area contributed by atoms with E-state index in [1.807, 2.05) is 26.8 Å². The van der Waals surface area contributed by atoms with Crippen LogP contribution in [0.15, 0.2) is 6.07 Å². The van der Waals surface area contributed by atoms with Crippen LogP contribution in [0, 0.1) is 13.8 Å². The molecule has 0 atom stereocenters. The molecule has 0 bridgehead atoms. The minimum absolute atomic E-state index is 0.436. The molecular formula is C13H19N5O. The molecule has 0 spiro atoms. The lowest BCUT2D eigenvalue weighted by Gasteiger charge is -2.04. The SMILES string of the molecule is CCc1c(COC)nn(-c2nc(C)cc(C)n2)c1N. The fourth-order valence-corrected chi connectivity index (χ4v) is 2.10. The minimum Gasteiger partial charge on any atom is -0.383 e. The highest BCUT2D eigenvalue weighted by Gasteiger charge is 2.16. The molecule has 0 aliphatic rings. The van der Waals surface area contributed by atoms with Crippen molar-refractivity contribution in [3.8, 4) is 5.95 Å². The van der Waals surface area contributed by atoms with Gasteiger partial charge in [0.25, 0.3) is 5.95 Å². The number of methoxy groups -OCH3 is 1. The maximum Gasteiger partial charge on any atom is 0.252 e. The van der Waals surface area contributed by atoms with Crippen LogP contribution in [0.25, 0.3) is 5.95 Å². The average molecular weight is 261 g/mol. The summed E-state index contributed by atoms with van der Waals surface area (Å²) < 4.78 is 6.74. The highest BCUT2D eigenvalue weighted by atomic mass is 16.5. The molecule has 19 heavy (non-hydrogen) atoms. The van der Waals surface area contributed by atoms with Crippen molar-refractivity contribution in [1.29, 1.82) is 0 Å². The molecule has 2 N–H and O–H groups in total. The Morgan fingerprint density at radius 1 is 1.26 bits per heavy atom. The molecule has 0 fully saturated rings. The number of nitrogen functional groups attached to an aromatic ring is 1. The van der Waals surface area contributed by atoms with Gasteiger partial charge in [-0.2, -0.15) is 9.78 Å². The molecule has 6 heteroatoms. The van der Waals surface area contributed by atoms with E-state index in [9.17, 15) is 0 Å². The first kappa shape index (κ1) is 13.5. The zero-order valence-corrected chi connectivity index (χ0v) is 11.8. The number of nitrogens with zero attached hydrogens (tertiary/aromatic N) is 4. The fraction of sp³-hybridized carbons (Fsp3) is 0.462. The van der Waals surface area contributed by atoms with Gasteiger partial charge in [-0.15, -0.1) is 0 Å². The Morgan fingerprint density at radius 3 is 2.42 bits per heavy atom. The third-order valence-electron chi connectivity index (χ3n) is 2.90. The lowest BCUT2D eigenvalue weighted by Crippen LogP contribution is -2.09. The second-order valence-corrected chi connectivity index (χ2v) is 4.46. The van der Waals surface area contributed by atoms with Crippen LogP contribution in [0.3, 0.4) is 0 Å². The van der Waals surface area contributed by atoms with Crippen molar-refractivity contribution in [3.63, 3.8) is 0 Å². The Kier molecular flexibility index (Phi) is 3.80. The van der Waals surface area contributed by atoms with E-state index in [1.165, 1.54) is 0 Å². The quantitative estimate of drug-likeness (QED) is 0.903. The number of ether oxygens (including phenoxy) is 1. The van der Waals surface area contributed by atoms with Crippen molar-refractivity contribution in [2.75, 3.05) is 12.8 Å². The van der Waals surface area contributed by atoms with Crippen molar-refractivity contribution in [3.05, 3.63) is 28.7 Å².